The lowest BCUT2D eigenvalue weighted by atomic mass is 10.1. The number of esters is 1. The van der Waals surface area contributed by atoms with Crippen LogP contribution in [0.3, 0.4) is 0 Å². The van der Waals surface area contributed by atoms with Crippen LogP contribution < -0.4 is 4.74 Å². The van der Waals surface area contributed by atoms with Gasteiger partial charge in [0, 0.05) is 0 Å². The van der Waals surface area contributed by atoms with Crippen molar-refractivity contribution in [1.82, 2.24) is 9.78 Å². The number of halogens is 5. The number of benzene rings is 2. The summed E-state index contributed by atoms with van der Waals surface area (Å²) in [5.41, 5.74) is -0.347. The number of rotatable bonds is 4. The Hall–Kier alpha value is -2.88. The van der Waals surface area contributed by atoms with Crippen LogP contribution in [0.2, 0.25) is 0 Å². The molecule has 1 heterocycles. The van der Waals surface area contributed by atoms with E-state index >= 15 is 0 Å². The fourth-order valence-electron chi connectivity index (χ4n) is 2.65. The first-order chi connectivity index (χ1) is 14.4. The lowest BCUT2D eigenvalue weighted by Gasteiger charge is -2.22. The highest BCUT2D eigenvalue weighted by Crippen LogP contribution is 2.43. The molecule has 0 spiro atoms. The molecule has 1 aromatic heterocycles. The van der Waals surface area contributed by atoms with Gasteiger partial charge in [0.25, 0.3) is 0 Å². The van der Waals surface area contributed by atoms with Gasteiger partial charge in [0.15, 0.2) is 23.3 Å². The molecule has 0 bridgehead atoms. The fourth-order valence-corrected chi connectivity index (χ4v) is 3.62. The van der Waals surface area contributed by atoms with Gasteiger partial charge in [-0.25, -0.2) is 31.4 Å². The number of aromatic nitrogens is 2. The minimum absolute atomic E-state index is 0.0533. The summed E-state index contributed by atoms with van der Waals surface area (Å²) in [5.74, 6) is -11.3. The predicted molar refractivity (Wildman–Crippen MR) is 104 cm³/mol. The molecule has 2 aromatic carbocycles. The number of nitrogens with zero attached hydrogens (tertiary/aromatic N) is 2. The summed E-state index contributed by atoms with van der Waals surface area (Å²) in [4.78, 5) is 11.4. The van der Waals surface area contributed by atoms with Gasteiger partial charge in [0.05, 0.1) is 26.6 Å². The minimum atomic E-state index is -2.25. The molecule has 3 aromatic rings. The van der Waals surface area contributed by atoms with Gasteiger partial charge < -0.3 is 4.74 Å². The zero-order valence-corrected chi connectivity index (χ0v) is 17.7. The van der Waals surface area contributed by atoms with Crippen LogP contribution in [0.1, 0.15) is 36.8 Å². The topological polar surface area (TPSA) is 44.1 Å². The molecular weight excluding hydrogens is 439 g/mol. The molecule has 0 atom stereocenters. The average molecular weight is 456 g/mol. The zero-order chi connectivity index (χ0) is 23.1. The maximum atomic E-state index is 14.2. The van der Waals surface area contributed by atoms with E-state index in [0.717, 1.165) is 0 Å². The lowest BCUT2D eigenvalue weighted by molar-refractivity contribution is 0.0704. The van der Waals surface area contributed by atoms with Gasteiger partial charge in [0.1, 0.15) is 0 Å². The van der Waals surface area contributed by atoms with Gasteiger partial charge in [-0.15, -0.1) is 0 Å². The molecular formula is C21H17F5N2O2S. The largest absolute Gasteiger partial charge is 0.403 e. The van der Waals surface area contributed by atoms with Gasteiger partial charge in [-0.2, -0.15) is 5.10 Å². The molecule has 0 radical (unpaired) electrons. The summed E-state index contributed by atoms with van der Waals surface area (Å²) in [6.07, 6.45) is 0. The average Bonchev–Trinajstić information content (AvgIpc) is 3.04. The summed E-state index contributed by atoms with van der Waals surface area (Å²) in [5, 5.41) is 4.26. The predicted octanol–water partition coefficient (Wildman–Crippen LogP) is 6.01. The van der Waals surface area contributed by atoms with Crippen molar-refractivity contribution < 1.29 is 31.5 Å². The molecule has 3 rings (SSSR count). The Balaban J connectivity index is 2.14. The third-order valence-corrected chi connectivity index (χ3v) is 5.41. The van der Waals surface area contributed by atoms with Crippen LogP contribution >= 0.6 is 11.8 Å². The molecule has 31 heavy (non-hydrogen) atoms. The fraction of sp³-hybridized carbons (Fsp3) is 0.238. The summed E-state index contributed by atoms with van der Waals surface area (Å²) in [7, 11) is 0. The second-order valence-electron chi connectivity index (χ2n) is 7.56. The van der Waals surface area contributed by atoms with Crippen LogP contribution in [0, 0.1) is 36.0 Å². The number of carbonyl (C=O) groups is 1. The first-order valence-corrected chi connectivity index (χ1v) is 9.81. The highest BCUT2D eigenvalue weighted by Gasteiger charge is 2.32. The van der Waals surface area contributed by atoms with E-state index in [4.69, 9.17) is 4.74 Å². The Morgan fingerprint density at radius 2 is 1.42 bits per heavy atom. The highest BCUT2D eigenvalue weighted by atomic mass is 32.2. The Morgan fingerprint density at radius 1 is 0.903 bits per heavy atom. The molecule has 0 saturated carbocycles. The molecule has 4 nitrogen and oxygen atoms in total. The summed E-state index contributed by atoms with van der Waals surface area (Å²) >= 11 is 0.248. The van der Waals surface area contributed by atoms with Crippen molar-refractivity contribution in [3.8, 4) is 5.88 Å². The van der Waals surface area contributed by atoms with Crippen molar-refractivity contribution in [3.05, 3.63) is 70.7 Å². The minimum Gasteiger partial charge on any atom is -0.403 e. The normalized spacial score (nSPS) is 11.6. The Labute approximate surface area is 179 Å². The smallest absolute Gasteiger partial charge is 0.344 e. The van der Waals surface area contributed by atoms with E-state index in [1.165, 1.54) is 23.7 Å². The van der Waals surface area contributed by atoms with E-state index in [0.29, 0.717) is 0 Å². The van der Waals surface area contributed by atoms with Crippen LogP contribution in [0.4, 0.5) is 22.0 Å². The van der Waals surface area contributed by atoms with Crippen LogP contribution in [0.5, 0.6) is 5.88 Å². The molecule has 0 unspecified atom stereocenters. The second kappa shape index (κ2) is 8.33. The molecule has 0 saturated heterocycles. The van der Waals surface area contributed by atoms with Gasteiger partial charge in [-0.3, -0.25) is 0 Å². The number of ether oxygens (including phenoxy) is 1. The standard InChI is InChI=1S/C21H17F5N2O2S/c1-10-17(31-18-15(25)13(23)12(22)14(24)16(18)26)19(28(27-10)21(2,3)4)30-20(29)11-8-6-5-7-9-11/h5-9H,1-4H3. The van der Waals surface area contributed by atoms with Crippen molar-refractivity contribution in [1.29, 1.82) is 0 Å². The quantitative estimate of drug-likeness (QED) is 0.209. The third-order valence-electron chi connectivity index (χ3n) is 4.17. The maximum Gasteiger partial charge on any atom is 0.344 e. The second-order valence-corrected chi connectivity index (χ2v) is 8.58. The van der Waals surface area contributed by atoms with Crippen LogP contribution in [-0.4, -0.2) is 15.7 Å². The van der Waals surface area contributed by atoms with E-state index in [1.807, 2.05) is 0 Å². The summed E-state index contributed by atoms with van der Waals surface area (Å²) in [6.45, 7) is 6.70. The van der Waals surface area contributed by atoms with Crippen LogP contribution in [0.25, 0.3) is 0 Å². The van der Waals surface area contributed by atoms with Gasteiger partial charge in [0.2, 0.25) is 11.7 Å². The molecule has 0 fully saturated rings. The van der Waals surface area contributed by atoms with E-state index < -0.39 is 45.5 Å². The van der Waals surface area contributed by atoms with E-state index in [-0.39, 0.29) is 33.8 Å². The van der Waals surface area contributed by atoms with Gasteiger partial charge in [-0.1, -0.05) is 30.0 Å². The number of carbonyl (C=O) groups excluding carboxylic acids is 1. The Morgan fingerprint density at radius 3 is 1.94 bits per heavy atom. The summed E-state index contributed by atoms with van der Waals surface area (Å²) in [6, 6.07) is 7.94. The van der Waals surface area contributed by atoms with E-state index in [2.05, 4.69) is 5.10 Å². The van der Waals surface area contributed by atoms with Crippen LogP contribution in [-0.2, 0) is 5.54 Å². The monoisotopic (exact) mass is 456 g/mol. The number of hydrogen-bond donors (Lipinski definition) is 0. The van der Waals surface area contributed by atoms with Crippen molar-refractivity contribution in [2.24, 2.45) is 0 Å². The van der Waals surface area contributed by atoms with E-state index in [1.54, 1.807) is 39.0 Å². The third kappa shape index (κ3) is 4.30. The maximum absolute atomic E-state index is 14.2. The molecule has 10 heteroatoms. The van der Waals surface area contributed by atoms with Crippen molar-refractivity contribution in [3.63, 3.8) is 0 Å². The molecule has 0 aliphatic carbocycles. The molecule has 0 aliphatic rings. The SMILES string of the molecule is Cc1nn(C(C)(C)C)c(OC(=O)c2ccccc2)c1Sc1c(F)c(F)c(F)c(F)c1F. The Kier molecular flexibility index (Phi) is 6.13. The van der Waals surface area contributed by atoms with E-state index in [9.17, 15) is 26.7 Å². The first-order valence-electron chi connectivity index (χ1n) is 9.00. The molecule has 0 amide bonds. The Bertz CT molecular complexity index is 1130. The van der Waals surface area contributed by atoms with Crippen LogP contribution in [0.15, 0.2) is 40.1 Å². The zero-order valence-electron chi connectivity index (χ0n) is 16.9. The first kappa shape index (κ1) is 22.8. The highest BCUT2D eigenvalue weighted by molar-refractivity contribution is 7.99. The molecule has 164 valence electrons. The summed E-state index contributed by atoms with van der Waals surface area (Å²) < 4.78 is 76.0. The van der Waals surface area contributed by atoms with Crippen molar-refractivity contribution in [2.45, 2.75) is 43.0 Å². The van der Waals surface area contributed by atoms with Crippen molar-refractivity contribution >= 4 is 17.7 Å². The number of hydrogen-bond acceptors (Lipinski definition) is 4. The van der Waals surface area contributed by atoms with Crippen molar-refractivity contribution in [2.75, 3.05) is 0 Å². The molecule has 0 N–H and O–H groups in total. The lowest BCUT2D eigenvalue weighted by Crippen LogP contribution is -2.25. The van der Waals surface area contributed by atoms with Gasteiger partial charge >= 0.3 is 5.97 Å². The molecule has 0 aliphatic heterocycles. The van der Waals surface area contributed by atoms with Gasteiger partial charge in [-0.05, 0) is 39.8 Å². The number of aryl methyl sites for hydroxylation is 1.